The molecule has 0 aromatic rings. The van der Waals surface area contributed by atoms with E-state index in [0.717, 1.165) is 60.3 Å². The number of anilines is 1. The molecule has 4 saturated carbocycles. The Hall–Kier alpha value is -1.85. The van der Waals surface area contributed by atoms with Gasteiger partial charge in [-0.1, -0.05) is 13.8 Å². The molecular weight excluding hydrogens is 338 g/mol. The molecule has 3 unspecified atom stereocenters. The van der Waals surface area contributed by atoms with Crippen molar-refractivity contribution in [2.45, 2.75) is 83.3 Å². The van der Waals surface area contributed by atoms with E-state index >= 15 is 0 Å². The van der Waals surface area contributed by atoms with Crippen LogP contribution in [0.1, 0.15) is 64.6 Å². The highest BCUT2D eigenvalue weighted by Gasteiger charge is 2.60. The average molecular weight is 367 g/mol. The first-order valence-electron chi connectivity index (χ1n) is 10.9. The Kier molecular flexibility index (Phi) is 3.20. The number of fused-ring (bicyclic) bond motifs is 3. The third kappa shape index (κ3) is 1.99. The van der Waals surface area contributed by atoms with Crippen molar-refractivity contribution in [3.63, 3.8) is 0 Å². The molecule has 4 fully saturated rings. The Balaban J connectivity index is 1.55. The first kappa shape index (κ1) is 16.1. The van der Waals surface area contributed by atoms with Gasteiger partial charge in [0, 0.05) is 24.5 Å². The van der Waals surface area contributed by atoms with Crippen LogP contribution >= 0.6 is 0 Å². The molecule has 0 radical (unpaired) electrons. The summed E-state index contributed by atoms with van der Waals surface area (Å²) in [4.78, 5) is 23.4. The quantitative estimate of drug-likeness (QED) is 0.901. The minimum Gasteiger partial charge on any atom is -0.365 e. The largest absolute Gasteiger partial charge is 0.365 e. The molecule has 0 amide bonds. The fraction of sp³-hybridized carbons (Fsp3) is 0.762. The van der Waals surface area contributed by atoms with Crippen molar-refractivity contribution < 1.29 is 0 Å². The highest BCUT2D eigenvalue weighted by atomic mass is 16.1. The van der Waals surface area contributed by atoms with E-state index in [2.05, 4.69) is 19.2 Å². The summed E-state index contributed by atoms with van der Waals surface area (Å²) in [5.74, 6) is 5.29. The van der Waals surface area contributed by atoms with Crippen LogP contribution in [0.4, 0.5) is 5.82 Å². The van der Waals surface area contributed by atoms with Crippen molar-refractivity contribution in [1.82, 2.24) is 19.1 Å². The highest BCUT2D eigenvalue weighted by Crippen LogP contribution is 2.65. The normalized spacial score (nSPS) is 35.9. The fourth-order valence-electron chi connectivity index (χ4n) is 6.96. The second-order valence-corrected chi connectivity index (χ2v) is 9.56. The van der Waals surface area contributed by atoms with Crippen molar-refractivity contribution in [3.8, 4) is 11.5 Å². The van der Waals surface area contributed by atoms with Crippen LogP contribution in [0, 0.1) is 17.8 Å². The van der Waals surface area contributed by atoms with Crippen LogP contribution in [0.2, 0.25) is 0 Å². The Morgan fingerprint density at radius 2 is 1.93 bits per heavy atom. The first-order valence-corrected chi connectivity index (χ1v) is 10.9. The summed E-state index contributed by atoms with van der Waals surface area (Å²) >= 11 is 0. The lowest BCUT2D eigenvalue weighted by Crippen LogP contribution is -2.32. The van der Waals surface area contributed by atoms with Crippen LogP contribution in [-0.4, -0.2) is 25.1 Å². The van der Waals surface area contributed by atoms with Gasteiger partial charge in [-0.15, -0.1) is 0 Å². The molecule has 144 valence electrons. The molecule has 6 nitrogen and oxygen atoms in total. The summed E-state index contributed by atoms with van der Waals surface area (Å²) in [5, 5.41) is 3.56. The summed E-state index contributed by atoms with van der Waals surface area (Å²) < 4.78 is 3.78. The lowest BCUT2D eigenvalue weighted by atomic mass is 9.75. The molecule has 0 aromatic carbocycles. The van der Waals surface area contributed by atoms with Crippen molar-refractivity contribution in [2.75, 3.05) is 5.32 Å². The Morgan fingerprint density at radius 1 is 1.15 bits per heavy atom. The molecule has 4 bridgehead atoms. The molecule has 3 atom stereocenters. The maximum Gasteiger partial charge on any atom is 0.331 e. The molecule has 0 saturated heterocycles. The van der Waals surface area contributed by atoms with E-state index in [1.807, 2.05) is 9.13 Å². The number of hydrogen-bond acceptors (Lipinski definition) is 4. The predicted octanol–water partition coefficient (Wildman–Crippen LogP) is 3.24. The molecule has 1 N–H and O–H groups in total. The Bertz CT molecular complexity index is 929. The Labute approximate surface area is 159 Å². The number of nitrogens with zero attached hydrogens (tertiary/aromatic N) is 4. The molecule has 0 spiro atoms. The fourth-order valence-corrected chi connectivity index (χ4v) is 6.96. The number of aromatic nitrogens is 4. The van der Waals surface area contributed by atoms with E-state index in [1.54, 1.807) is 0 Å². The minimum absolute atomic E-state index is 0.0731. The lowest BCUT2D eigenvalue weighted by Gasteiger charge is -2.30. The van der Waals surface area contributed by atoms with Gasteiger partial charge in [0.05, 0.1) is 0 Å². The third-order valence-corrected chi connectivity index (χ3v) is 7.97. The van der Waals surface area contributed by atoms with E-state index in [9.17, 15) is 4.79 Å². The summed E-state index contributed by atoms with van der Waals surface area (Å²) in [7, 11) is 0. The summed E-state index contributed by atoms with van der Waals surface area (Å²) in [6.07, 6.45) is 8.62. The van der Waals surface area contributed by atoms with Gasteiger partial charge in [0.2, 0.25) is 0 Å². The van der Waals surface area contributed by atoms with Gasteiger partial charge in [0.15, 0.2) is 5.82 Å². The predicted molar refractivity (Wildman–Crippen MR) is 104 cm³/mol. The number of imidazole rings is 1. The van der Waals surface area contributed by atoms with Crippen molar-refractivity contribution >= 4 is 5.82 Å². The molecular formula is C21H29N5O. The van der Waals surface area contributed by atoms with Crippen molar-refractivity contribution in [1.29, 1.82) is 0 Å². The zero-order chi connectivity index (χ0) is 18.3. The van der Waals surface area contributed by atoms with Crippen LogP contribution < -0.4 is 11.0 Å². The SMILES string of the molecule is CCCn1c2nc(C34CC5CC(CC3C5)C4)nc-2c2n(c1=O)CC(CC)N2. The van der Waals surface area contributed by atoms with Crippen LogP contribution in [-0.2, 0) is 18.5 Å². The van der Waals surface area contributed by atoms with Gasteiger partial charge in [-0.25, -0.2) is 14.8 Å². The zero-order valence-corrected chi connectivity index (χ0v) is 16.4. The van der Waals surface area contributed by atoms with Gasteiger partial charge >= 0.3 is 5.69 Å². The van der Waals surface area contributed by atoms with Gasteiger partial charge in [0.1, 0.15) is 17.3 Å². The van der Waals surface area contributed by atoms with E-state index in [4.69, 9.17) is 9.97 Å². The molecule has 6 heteroatoms. The smallest absolute Gasteiger partial charge is 0.331 e. The third-order valence-electron chi connectivity index (χ3n) is 7.97. The van der Waals surface area contributed by atoms with Crippen molar-refractivity contribution in [3.05, 3.63) is 16.3 Å². The molecule has 7 aliphatic rings. The molecule has 0 aromatic heterocycles. The zero-order valence-electron chi connectivity index (χ0n) is 16.4. The van der Waals surface area contributed by atoms with Gasteiger partial charge in [-0.05, 0) is 62.7 Å². The van der Waals surface area contributed by atoms with Crippen LogP contribution in [0.25, 0.3) is 11.5 Å². The average Bonchev–Trinajstić information content (AvgIpc) is 3.38. The first-order chi connectivity index (χ1) is 13.1. The number of hydrogen-bond donors (Lipinski definition) is 1. The second-order valence-electron chi connectivity index (χ2n) is 9.56. The van der Waals surface area contributed by atoms with Crippen LogP contribution in [0.5, 0.6) is 0 Å². The van der Waals surface area contributed by atoms with Gasteiger partial charge < -0.3 is 5.32 Å². The monoisotopic (exact) mass is 367 g/mol. The van der Waals surface area contributed by atoms with E-state index in [1.165, 1.54) is 32.1 Å². The van der Waals surface area contributed by atoms with Crippen LogP contribution in [0.3, 0.4) is 0 Å². The number of nitrogens with one attached hydrogen (secondary N) is 1. The maximum absolute atomic E-state index is 13.2. The summed E-state index contributed by atoms with van der Waals surface area (Å²) in [6.45, 7) is 5.74. The topological polar surface area (TPSA) is 64.7 Å². The molecule has 27 heavy (non-hydrogen) atoms. The molecule has 3 aliphatic heterocycles. The van der Waals surface area contributed by atoms with Gasteiger partial charge in [-0.2, -0.15) is 0 Å². The molecule has 3 heterocycles. The summed E-state index contributed by atoms with van der Waals surface area (Å²) in [5.41, 5.74) is 1.19. The second kappa shape index (κ2) is 5.36. The van der Waals surface area contributed by atoms with E-state index in [0.29, 0.717) is 12.6 Å². The standard InChI is InChI=1S/C21H29N5O/c1-3-5-25-18-16(17-22-15(4-2)11-26(17)20(25)27)23-19(24-18)21-9-12-6-13(10-21)8-14(21)7-12/h12-15,22H,3-11H2,1-2H3. The number of rotatable bonds is 4. The van der Waals surface area contributed by atoms with Gasteiger partial charge in [-0.3, -0.25) is 9.13 Å². The van der Waals surface area contributed by atoms with E-state index in [-0.39, 0.29) is 11.1 Å². The van der Waals surface area contributed by atoms with Crippen LogP contribution in [0.15, 0.2) is 4.79 Å². The lowest BCUT2D eigenvalue weighted by molar-refractivity contribution is 0.262. The maximum atomic E-state index is 13.2. The Morgan fingerprint density at radius 3 is 2.63 bits per heavy atom. The highest BCUT2D eigenvalue weighted by molar-refractivity contribution is 5.70. The molecule has 4 aliphatic carbocycles. The summed E-state index contributed by atoms with van der Waals surface area (Å²) in [6, 6.07) is 0.315. The molecule has 7 rings (SSSR count). The van der Waals surface area contributed by atoms with Crippen molar-refractivity contribution in [2.24, 2.45) is 17.8 Å². The minimum atomic E-state index is 0.0731. The van der Waals surface area contributed by atoms with Gasteiger partial charge in [0.25, 0.3) is 0 Å². The van der Waals surface area contributed by atoms with E-state index < -0.39 is 0 Å².